The molecule has 5 aromatic carbocycles. The van der Waals surface area contributed by atoms with E-state index in [9.17, 15) is 0 Å². The number of nitrogens with zero attached hydrogens (tertiary/aromatic N) is 1. The molecule has 0 N–H and O–H groups in total. The highest BCUT2D eigenvalue weighted by Gasteiger charge is 2.40. The molecule has 346 valence electrons. The Morgan fingerprint density at radius 2 is 1.31 bits per heavy atom. The van der Waals surface area contributed by atoms with Crippen LogP contribution in [0, 0.1) is 0 Å². The van der Waals surface area contributed by atoms with Gasteiger partial charge < -0.3 is 4.90 Å². The largest absolute Gasteiger partial charge is 0.338 e. The molecule has 0 radical (unpaired) electrons. The second kappa shape index (κ2) is 18.6. The van der Waals surface area contributed by atoms with Gasteiger partial charge in [-0.05, 0) is 159 Å². The first kappa shape index (κ1) is 48.1. The average Bonchev–Trinajstić information content (AvgIpc) is 3.76. The lowest BCUT2D eigenvalue weighted by molar-refractivity contribution is 0.583. The molecule has 1 heteroatoms. The molecule has 0 saturated carbocycles. The fourth-order valence-corrected chi connectivity index (χ4v) is 11.4. The molecule has 0 spiro atoms. The molecule has 3 aliphatic carbocycles. The highest BCUT2D eigenvalue weighted by molar-refractivity contribution is 5.93. The minimum absolute atomic E-state index is 0.0280. The van der Waals surface area contributed by atoms with Gasteiger partial charge in [0.1, 0.15) is 0 Å². The van der Waals surface area contributed by atoms with Gasteiger partial charge in [0.15, 0.2) is 0 Å². The quantitative estimate of drug-likeness (QED) is 0.0841. The van der Waals surface area contributed by atoms with Gasteiger partial charge in [0, 0.05) is 34.2 Å². The molecule has 1 nitrogen and oxygen atoms in total. The predicted molar refractivity (Wildman–Crippen MR) is 297 cm³/mol. The van der Waals surface area contributed by atoms with Gasteiger partial charge in [-0.25, -0.2) is 0 Å². The lowest BCUT2D eigenvalue weighted by Crippen LogP contribution is -2.21. The molecule has 0 amide bonds. The number of hydrogen-bond donors (Lipinski definition) is 0. The van der Waals surface area contributed by atoms with E-state index in [4.69, 9.17) is 0 Å². The number of rotatable bonds is 13. The summed E-state index contributed by atoms with van der Waals surface area (Å²) in [4.78, 5) is 2.49. The number of anilines is 2. The fourth-order valence-electron chi connectivity index (χ4n) is 11.4. The fraction of sp³-hybridized carbons (Fsp3) is 0.299. The van der Waals surface area contributed by atoms with Gasteiger partial charge in [-0.15, -0.1) is 5.73 Å². The minimum atomic E-state index is -0.140. The highest BCUT2D eigenvalue weighted by atomic mass is 15.1. The monoisotopic (exact) mass is 892 g/mol. The number of fused-ring (bicyclic) bond motifs is 5. The maximum absolute atomic E-state index is 4.19. The molecule has 8 rings (SSSR count). The Labute approximate surface area is 410 Å². The zero-order valence-electron chi connectivity index (χ0n) is 43.3. The van der Waals surface area contributed by atoms with Crippen molar-refractivity contribution in [1.82, 2.24) is 0 Å². The maximum Gasteiger partial charge on any atom is 0.0417 e. The summed E-state index contributed by atoms with van der Waals surface area (Å²) < 4.78 is 0. The topological polar surface area (TPSA) is 3.24 Å². The first-order valence-corrected chi connectivity index (χ1v) is 24.9. The van der Waals surface area contributed by atoms with Gasteiger partial charge in [0.2, 0.25) is 0 Å². The Kier molecular flexibility index (Phi) is 13.1. The van der Waals surface area contributed by atoms with Crippen LogP contribution in [-0.2, 0) is 28.1 Å². The van der Waals surface area contributed by atoms with Crippen LogP contribution in [0.4, 0.5) is 11.4 Å². The minimum Gasteiger partial charge on any atom is -0.338 e. The number of benzene rings is 5. The third-order valence-corrected chi connectivity index (χ3v) is 15.5. The third-order valence-electron chi connectivity index (χ3n) is 15.5. The molecular weight excluding hydrogens is 819 g/mol. The molecule has 0 aromatic heterocycles. The predicted octanol–water partition coefficient (Wildman–Crippen LogP) is 18.3. The van der Waals surface area contributed by atoms with Crippen LogP contribution in [-0.4, -0.2) is 6.54 Å². The van der Waals surface area contributed by atoms with Crippen molar-refractivity contribution in [3.8, 4) is 11.1 Å². The van der Waals surface area contributed by atoms with E-state index in [1.54, 1.807) is 0 Å². The van der Waals surface area contributed by atoms with E-state index in [0.717, 1.165) is 18.4 Å². The van der Waals surface area contributed by atoms with E-state index in [-0.39, 0.29) is 21.7 Å². The lowest BCUT2D eigenvalue weighted by atomic mass is 9.74. The Morgan fingerprint density at radius 3 is 1.97 bits per heavy atom. The van der Waals surface area contributed by atoms with Gasteiger partial charge in [0.05, 0.1) is 0 Å². The van der Waals surface area contributed by atoms with Gasteiger partial charge in [-0.1, -0.05) is 208 Å². The van der Waals surface area contributed by atoms with Gasteiger partial charge in [-0.2, -0.15) is 0 Å². The molecule has 3 aliphatic rings. The van der Waals surface area contributed by atoms with E-state index in [0.29, 0.717) is 6.54 Å². The van der Waals surface area contributed by atoms with E-state index in [1.165, 1.54) is 100 Å². The number of allylic oxidation sites excluding steroid dienone is 14. The Morgan fingerprint density at radius 1 is 0.662 bits per heavy atom. The maximum atomic E-state index is 4.19. The van der Waals surface area contributed by atoms with Gasteiger partial charge in [-0.3, -0.25) is 0 Å². The van der Waals surface area contributed by atoms with Crippen molar-refractivity contribution in [3.63, 3.8) is 0 Å². The standard InChI is InChI=1S/C67H73N/c1-15-26-57-45(4)52-38-36-50(43-60(52)66(57,11)12)68(51-37-39-56-55-33-21-22-35-58(55)67(13,14)61(56)44-51)42-25-31-47(16-2)29-24-34-53-46(5)65(9,10)63-54(40-41-59(62(53)63)64(6,7)8)49(17-3)32-23-30-48-27-19-18-20-28-48/h15,17-28,31-41,43-44H,2,29-30,42H2,1,3-14H3/b26-15-,31-25-,32-23-,34-24-,49-17+. The molecule has 0 unspecified atom stereocenters. The molecular formula is C67H73N. The third kappa shape index (κ3) is 8.56. The van der Waals surface area contributed by atoms with Crippen LogP contribution in [0.1, 0.15) is 147 Å². The molecule has 0 heterocycles. The second-order valence-electron chi connectivity index (χ2n) is 21.8. The normalized spacial score (nSPS) is 16.9. The first-order chi connectivity index (χ1) is 32.4. The summed E-state index contributed by atoms with van der Waals surface area (Å²) in [6, 6.07) is 38.6. The lowest BCUT2D eigenvalue weighted by Gasteiger charge is -2.29. The van der Waals surface area contributed by atoms with E-state index >= 15 is 0 Å². The molecule has 0 aliphatic heterocycles. The molecule has 68 heavy (non-hydrogen) atoms. The SMILES string of the molecule is C=C=C(/C=C\CN(c1ccc2c(c1)C(C)(C)C(/C=C\C)=C2C)c1ccc2c(c1)C(C)(C)c1ccccc1-2)C/C=C\C1=C(C)C(C)(C)c2c(C(/C=C\Cc3ccccc3)=C/C)ccc(C(C)(C)C)c21. The van der Waals surface area contributed by atoms with Crippen molar-refractivity contribution in [1.29, 1.82) is 0 Å². The van der Waals surface area contributed by atoms with Crippen LogP contribution < -0.4 is 4.90 Å². The first-order valence-electron chi connectivity index (χ1n) is 24.9. The summed E-state index contributed by atoms with van der Waals surface area (Å²) in [5.41, 5.74) is 28.2. The van der Waals surface area contributed by atoms with Crippen LogP contribution in [0.3, 0.4) is 0 Å². The van der Waals surface area contributed by atoms with Crippen molar-refractivity contribution >= 4 is 28.1 Å². The zero-order valence-corrected chi connectivity index (χ0v) is 43.3. The van der Waals surface area contributed by atoms with Crippen LogP contribution in [0.15, 0.2) is 187 Å². The van der Waals surface area contributed by atoms with E-state index in [1.807, 2.05) is 0 Å². The Balaban J connectivity index is 1.10. The smallest absolute Gasteiger partial charge is 0.0417 e. The molecule has 0 fully saturated rings. The van der Waals surface area contributed by atoms with Crippen molar-refractivity contribution in [2.45, 2.75) is 125 Å². The van der Waals surface area contributed by atoms with Crippen molar-refractivity contribution in [2.75, 3.05) is 11.4 Å². The van der Waals surface area contributed by atoms with Gasteiger partial charge in [0.25, 0.3) is 0 Å². The van der Waals surface area contributed by atoms with Crippen LogP contribution >= 0.6 is 0 Å². The van der Waals surface area contributed by atoms with E-state index < -0.39 is 0 Å². The Bertz CT molecular complexity index is 3050. The average molecular weight is 892 g/mol. The second-order valence-corrected chi connectivity index (χ2v) is 21.8. The van der Waals surface area contributed by atoms with Crippen LogP contribution in [0.2, 0.25) is 0 Å². The van der Waals surface area contributed by atoms with Crippen molar-refractivity contribution < 1.29 is 0 Å². The highest BCUT2D eigenvalue weighted by Crippen LogP contribution is 2.54. The molecule has 0 saturated heterocycles. The zero-order chi connectivity index (χ0) is 48.8. The summed E-state index contributed by atoms with van der Waals surface area (Å²) in [6.45, 7) is 35.1. The van der Waals surface area contributed by atoms with Crippen LogP contribution in [0.25, 0.3) is 27.8 Å². The van der Waals surface area contributed by atoms with Gasteiger partial charge >= 0.3 is 0 Å². The summed E-state index contributed by atoms with van der Waals surface area (Å²) in [7, 11) is 0. The van der Waals surface area contributed by atoms with Crippen LogP contribution in [0.5, 0.6) is 0 Å². The Hall–Kier alpha value is -6.40. The summed E-state index contributed by atoms with van der Waals surface area (Å²) in [5.74, 6) is 0. The van der Waals surface area contributed by atoms with E-state index in [2.05, 4.69) is 265 Å². The summed E-state index contributed by atoms with van der Waals surface area (Å²) >= 11 is 0. The molecule has 0 atom stereocenters. The molecule has 5 aromatic rings. The van der Waals surface area contributed by atoms with Crippen molar-refractivity contribution in [3.05, 3.63) is 237 Å². The number of hydrogen-bond acceptors (Lipinski definition) is 1. The summed E-state index contributed by atoms with van der Waals surface area (Å²) in [5, 5.41) is 0. The summed E-state index contributed by atoms with van der Waals surface area (Å²) in [6.07, 6.45) is 22.3. The molecule has 0 bridgehead atoms. The van der Waals surface area contributed by atoms with Crippen molar-refractivity contribution in [2.24, 2.45) is 0 Å².